The van der Waals surface area contributed by atoms with Gasteiger partial charge in [-0.15, -0.1) is 62.0 Å². The van der Waals surface area contributed by atoms with E-state index >= 15 is 0 Å². The molecule has 0 aliphatic rings. The molecular formula is C8H15Cl5Si2. The van der Waals surface area contributed by atoms with Crippen LogP contribution in [0.25, 0.3) is 0 Å². The van der Waals surface area contributed by atoms with E-state index in [0.29, 0.717) is 6.42 Å². The van der Waals surface area contributed by atoms with Gasteiger partial charge in [0.25, 0.3) is 6.69 Å². The van der Waals surface area contributed by atoms with Crippen LogP contribution >= 0.6 is 55.4 Å². The highest BCUT2D eigenvalue weighted by atomic mass is 35.8. The average Bonchev–Trinajstić information content (AvgIpc) is 1.96. The topological polar surface area (TPSA) is 0 Å². The van der Waals surface area contributed by atoms with Gasteiger partial charge in [0, 0.05) is 5.16 Å². The van der Waals surface area contributed by atoms with Crippen LogP contribution in [0.3, 0.4) is 0 Å². The number of halogens is 5. The Morgan fingerprint density at radius 2 is 1.53 bits per heavy atom. The Morgan fingerprint density at radius 3 is 1.73 bits per heavy atom. The maximum Gasteiger partial charge on any atom is 0.344 e. The molecule has 0 aromatic carbocycles. The Balaban J connectivity index is 5.01. The second-order valence-electron chi connectivity index (χ2n) is 4.74. The van der Waals surface area contributed by atoms with E-state index in [0.717, 1.165) is 0 Å². The Bertz CT molecular complexity index is 228. The summed E-state index contributed by atoms with van der Waals surface area (Å²) in [5.74, 6) is 0. The van der Waals surface area contributed by atoms with Crippen LogP contribution in [0, 0.1) is 5.41 Å². The van der Waals surface area contributed by atoms with Crippen molar-refractivity contribution in [2.75, 3.05) is 0 Å². The van der Waals surface area contributed by atoms with Gasteiger partial charge in [-0.1, -0.05) is 26.5 Å². The SMILES string of the molecule is C=C[Si](Cl)(Cl)C(CC(C)(C)C)[Si](Cl)(Cl)Cl. The standard InChI is InChI=1S/C8H15Cl5Si2/c1-5-14(9,10)7(15(11,12)13)6-8(2,3)4/h5,7H,1,6H2,2-4H3. The van der Waals surface area contributed by atoms with E-state index < -0.39 is 12.7 Å². The van der Waals surface area contributed by atoms with E-state index in [2.05, 4.69) is 27.4 Å². The van der Waals surface area contributed by atoms with Gasteiger partial charge in [-0.2, -0.15) is 0 Å². The number of hydrogen-bond acceptors (Lipinski definition) is 0. The lowest BCUT2D eigenvalue weighted by molar-refractivity contribution is 0.387. The predicted molar refractivity (Wildman–Crippen MR) is 78.8 cm³/mol. The number of rotatable bonds is 4. The molecule has 90 valence electrons. The first kappa shape index (κ1) is 16.6. The van der Waals surface area contributed by atoms with Crippen molar-refractivity contribution in [3.63, 3.8) is 0 Å². The molecule has 0 aromatic rings. The number of hydrogen-bond donors (Lipinski definition) is 0. The maximum atomic E-state index is 6.25. The van der Waals surface area contributed by atoms with E-state index in [1.165, 1.54) is 0 Å². The van der Waals surface area contributed by atoms with Crippen LogP contribution in [-0.4, -0.2) is 12.7 Å². The second-order valence-corrected chi connectivity index (χ2v) is 21.0. The molecule has 0 radical (unpaired) electrons. The van der Waals surface area contributed by atoms with Gasteiger partial charge in [0.15, 0.2) is 0 Å². The van der Waals surface area contributed by atoms with Gasteiger partial charge < -0.3 is 0 Å². The zero-order valence-electron chi connectivity index (χ0n) is 8.96. The molecule has 1 unspecified atom stereocenters. The molecule has 0 aromatic heterocycles. The molecule has 0 spiro atoms. The van der Waals surface area contributed by atoms with Gasteiger partial charge in [-0.3, -0.25) is 0 Å². The molecule has 0 bridgehead atoms. The molecule has 0 saturated carbocycles. The molecule has 0 nitrogen and oxygen atoms in total. The predicted octanol–water partition coefficient (Wildman–Crippen LogP) is 5.63. The van der Waals surface area contributed by atoms with Gasteiger partial charge >= 0.3 is 6.00 Å². The van der Waals surface area contributed by atoms with Gasteiger partial charge in [0.1, 0.15) is 0 Å². The van der Waals surface area contributed by atoms with Crippen molar-refractivity contribution in [2.45, 2.75) is 32.4 Å². The van der Waals surface area contributed by atoms with Crippen molar-refractivity contribution in [3.05, 3.63) is 12.3 Å². The molecule has 1 atom stereocenters. The van der Waals surface area contributed by atoms with Crippen LogP contribution in [0.1, 0.15) is 27.2 Å². The summed E-state index contributed by atoms with van der Waals surface area (Å²) in [6.45, 7) is 7.19. The van der Waals surface area contributed by atoms with Crippen LogP contribution in [0.5, 0.6) is 0 Å². The fraction of sp³-hybridized carbons (Fsp3) is 0.750. The summed E-state index contributed by atoms with van der Waals surface area (Å²) < 4.78 is 0. The smallest absolute Gasteiger partial charge is 0.140 e. The van der Waals surface area contributed by atoms with Gasteiger partial charge in [0.2, 0.25) is 0 Å². The Morgan fingerprint density at radius 1 is 1.13 bits per heavy atom. The highest BCUT2D eigenvalue weighted by molar-refractivity contribution is 7.70. The quantitative estimate of drug-likeness (QED) is 0.458. The molecule has 0 fully saturated rings. The monoisotopic (exact) mass is 342 g/mol. The fourth-order valence-corrected chi connectivity index (χ4v) is 17.1. The summed E-state index contributed by atoms with van der Waals surface area (Å²) in [5.41, 5.74) is 1.61. The second kappa shape index (κ2) is 5.51. The first-order valence-corrected chi connectivity index (χ1v) is 13.8. The summed E-state index contributed by atoms with van der Waals surface area (Å²) in [7, 11) is 0. The first-order valence-electron chi connectivity index (χ1n) is 4.48. The van der Waals surface area contributed by atoms with E-state index in [1.807, 2.05) is 0 Å². The summed E-state index contributed by atoms with van der Waals surface area (Å²) in [6, 6.07) is -2.91. The largest absolute Gasteiger partial charge is 0.344 e. The molecule has 7 heteroatoms. The highest BCUT2D eigenvalue weighted by Crippen LogP contribution is 2.50. The molecule has 0 rings (SSSR count). The summed E-state index contributed by atoms with van der Waals surface area (Å²) in [5, 5.41) is -0.226. The zero-order chi connectivity index (χ0) is 12.5. The normalized spacial score (nSPS) is 16.3. The minimum atomic E-state index is -2.91. The van der Waals surface area contributed by atoms with Crippen molar-refractivity contribution < 1.29 is 0 Å². The molecular weight excluding hydrogens is 330 g/mol. The first-order chi connectivity index (χ1) is 6.40. The Hall–Kier alpha value is 1.62. The third-order valence-electron chi connectivity index (χ3n) is 1.95. The third-order valence-corrected chi connectivity index (χ3v) is 14.9. The minimum absolute atomic E-state index is 0.0344. The van der Waals surface area contributed by atoms with Crippen LogP contribution < -0.4 is 0 Å². The van der Waals surface area contributed by atoms with E-state index in [1.54, 1.807) is 5.70 Å². The average molecular weight is 345 g/mol. The van der Waals surface area contributed by atoms with Crippen molar-refractivity contribution in [1.82, 2.24) is 0 Å². The lowest BCUT2D eigenvalue weighted by atomic mass is 9.93. The summed E-state index contributed by atoms with van der Waals surface area (Å²) in [4.78, 5) is 0. The Labute approximate surface area is 117 Å². The molecule has 0 saturated heterocycles. The van der Waals surface area contributed by atoms with Crippen molar-refractivity contribution in [1.29, 1.82) is 0 Å². The summed E-state index contributed by atoms with van der Waals surface area (Å²) in [6.07, 6.45) is 0.709. The van der Waals surface area contributed by atoms with Crippen molar-refractivity contribution in [2.24, 2.45) is 5.41 Å². The van der Waals surface area contributed by atoms with Crippen LogP contribution in [0.4, 0.5) is 0 Å². The van der Waals surface area contributed by atoms with Gasteiger partial charge in [-0.05, 0) is 11.8 Å². The van der Waals surface area contributed by atoms with Crippen LogP contribution in [-0.2, 0) is 0 Å². The molecule has 15 heavy (non-hydrogen) atoms. The van der Waals surface area contributed by atoms with Crippen LogP contribution in [0.15, 0.2) is 12.3 Å². The zero-order valence-corrected chi connectivity index (χ0v) is 14.7. The lowest BCUT2D eigenvalue weighted by Gasteiger charge is -2.34. The Kier molecular flexibility index (Phi) is 6.11. The highest BCUT2D eigenvalue weighted by Gasteiger charge is 2.51. The minimum Gasteiger partial charge on any atom is -0.140 e. The van der Waals surface area contributed by atoms with Gasteiger partial charge in [0.05, 0.1) is 0 Å². The van der Waals surface area contributed by atoms with E-state index in [-0.39, 0.29) is 10.6 Å². The molecule has 0 aliphatic carbocycles. The lowest BCUT2D eigenvalue weighted by Crippen LogP contribution is -2.39. The third kappa shape index (κ3) is 6.20. The fourth-order valence-electron chi connectivity index (χ4n) is 1.22. The molecule has 0 amide bonds. The molecule has 0 aliphatic heterocycles. The van der Waals surface area contributed by atoms with Crippen LogP contribution in [0.2, 0.25) is 5.16 Å². The maximum absolute atomic E-state index is 6.25. The van der Waals surface area contributed by atoms with E-state index in [4.69, 9.17) is 55.4 Å². The van der Waals surface area contributed by atoms with Crippen molar-refractivity contribution >= 4 is 68.1 Å². The molecule has 0 heterocycles. The molecule has 0 N–H and O–H groups in total. The van der Waals surface area contributed by atoms with Gasteiger partial charge in [-0.25, -0.2) is 0 Å². The van der Waals surface area contributed by atoms with E-state index in [9.17, 15) is 0 Å². The van der Waals surface area contributed by atoms with Crippen molar-refractivity contribution in [3.8, 4) is 0 Å². The summed E-state index contributed by atoms with van der Waals surface area (Å²) >= 11 is 30.7.